The fourth-order valence-electron chi connectivity index (χ4n) is 2.66. The number of nitrogens with zero attached hydrogens (tertiary/aromatic N) is 2. The number of thiazole rings is 1. The Bertz CT molecular complexity index is 991. The Balaban J connectivity index is 1.86. The third-order valence-electron chi connectivity index (χ3n) is 4.04. The smallest absolute Gasteiger partial charge is 0.307 e. The summed E-state index contributed by atoms with van der Waals surface area (Å²) < 4.78 is 5.65. The molecule has 2 heterocycles. The van der Waals surface area contributed by atoms with Crippen LogP contribution in [0.15, 0.2) is 53.1 Å². The lowest BCUT2D eigenvalue weighted by molar-refractivity contribution is -0.141. The molecule has 1 unspecified atom stereocenters. The molecule has 3 rings (SSSR count). The summed E-state index contributed by atoms with van der Waals surface area (Å²) in [4.78, 5) is 34.0. The van der Waals surface area contributed by atoms with Crippen molar-refractivity contribution in [3.8, 4) is 10.7 Å². The number of methoxy groups -OCH3 is 1. The van der Waals surface area contributed by atoms with E-state index in [0.717, 1.165) is 10.0 Å². The maximum atomic E-state index is 12.9. The lowest BCUT2D eigenvalue weighted by Crippen LogP contribution is -2.30. The van der Waals surface area contributed by atoms with E-state index >= 15 is 0 Å². The van der Waals surface area contributed by atoms with Crippen molar-refractivity contribution in [1.29, 1.82) is 0 Å². The van der Waals surface area contributed by atoms with E-state index in [2.05, 4.69) is 31.2 Å². The largest absolute Gasteiger partial charge is 0.469 e. The summed E-state index contributed by atoms with van der Waals surface area (Å²) in [6.45, 7) is 1.78. The van der Waals surface area contributed by atoms with E-state index in [9.17, 15) is 9.59 Å². The number of halogens is 1. The molecular formula is C20H18BrN3O3S. The Morgan fingerprint density at radius 2 is 2.07 bits per heavy atom. The SMILES string of the molecule is COC(=O)CC(NC(=O)c1sc(-c2ccccn2)nc1C)c1cccc(Br)c1. The van der Waals surface area contributed by atoms with Gasteiger partial charge < -0.3 is 10.1 Å². The molecule has 3 aromatic rings. The highest BCUT2D eigenvalue weighted by atomic mass is 79.9. The predicted molar refractivity (Wildman–Crippen MR) is 111 cm³/mol. The molecule has 0 radical (unpaired) electrons. The highest BCUT2D eigenvalue weighted by Gasteiger charge is 2.23. The highest BCUT2D eigenvalue weighted by molar-refractivity contribution is 9.10. The van der Waals surface area contributed by atoms with Gasteiger partial charge in [0.15, 0.2) is 0 Å². The van der Waals surface area contributed by atoms with E-state index in [4.69, 9.17) is 4.74 Å². The normalized spacial score (nSPS) is 11.7. The van der Waals surface area contributed by atoms with Crippen molar-refractivity contribution in [1.82, 2.24) is 15.3 Å². The van der Waals surface area contributed by atoms with Crippen molar-refractivity contribution in [2.45, 2.75) is 19.4 Å². The van der Waals surface area contributed by atoms with Crippen molar-refractivity contribution in [2.24, 2.45) is 0 Å². The molecule has 1 aromatic carbocycles. The predicted octanol–water partition coefficient (Wildman–Crippen LogP) is 4.31. The number of pyridine rings is 1. The van der Waals surface area contributed by atoms with Crippen LogP contribution in [0.4, 0.5) is 0 Å². The van der Waals surface area contributed by atoms with Crippen LogP contribution in [0.25, 0.3) is 10.7 Å². The maximum Gasteiger partial charge on any atom is 0.307 e. The Morgan fingerprint density at radius 1 is 1.25 bits per heavy atom. The average molecular weight is 460 g/mol. The van der Waals surface area contributed by atoms with Gasteiger partial charge in [0.05, 0.1) is 31.0 Å². The number of carbonyl (C=O) groups is 2. The van der Waals surface area contributed by atoms with Crippen LogP contribution in [0.1, 0.15) is 33.4 Å². The Labute approximate surface area is 175 Å². The quantitative estimate of drug-likeness (QED) is 0.555. The van der Waals surface area contributed by atoms with E-state index in [1.165, 1.54) is 18.4 Å². The number of aryl methyl sites for hydroxylation is 1. The van der Waals surface area contributed by atoms with Crippen molar-refractivity contribution in [3.05, 3.63) is 69.3 Å². The third-order valence-corrected chi connectivity index (χ3v) is 5.71. The zero-order valence-corrected chi connectivity index (χ0v) is 17.7. The van der Waals surface area contributed by atoms with Crippen LogP contribution >= 0.6 is 27.3 Å². The standard InChI is InChI=1S/C20H18BrN3O3S/c1-12-18(28-20(23-12)15-8-3-4-9-22-15)19(26)24-16(11-17(25)27-2)13-6-5-7-14(21)10-13/h3-10,16H,11H2,1-2H3,(H,24,26). The number of hydrogen-bond donors (Lipinski definition) is 1. The van der Waals surface area contributed by atoms with E-state index < -0.39 is 12.0 Å². The van der Waals surface area contributed by atoms with Gasteiger partial charge in [-0.05, 0) is 36.8 Å². The van der Waals surface area contributed by atoms with E-state index in [1.54, 1.807) is 13.1 Å². The van der Waals surface area contributed by atoms with Gasteiger partial charge in [-0.2, -0.15) is 0 Å². The fraction of sp³-hybridized carbons (Fsp3) is 0.200. The molecule has 0 aliphatic carbocycles. The van der Waals surface area contributed by atoms with Crippen LogP contribution in [0.5, 0.6) is 0 Å². The first-order valence-corrected chi connectivity index (χ1v) is 10.1. The van der Waals surface area contributed by atoms with Crippen LogP contribution in [0.3, 0.4) is 0 Å². The number of rotatable bonds is 6. The highest BCUT2D eigenvalue weighted by Crippen LogP contribution is 2.28. The second kappa shape index (κ2) is 9.07. The molecule has 0 fully saturated rings. The van der Waals surface area contributed by atoms with E-state index in [-0.39, 0.29) is 12.3 Å². The van der Waals surface area contributed by atoms with Gasteiger partial charge in [-0.25, -0.2) is 4.98 Å². The van der Waals surface area contributed by atoms with Crippen LogP contribution in [-0.2, 0) is 9.53 Å². The van der Waals surface area contributed by atoms with Gasteiger partial charge in [-0.1, -0.05) is 34.1 Å². The molecule has 1 N–H and O–H groups in total. The first-order valence-electron chi connectivity index (χ1n) is 8.50. The van der Waals surface area contributed by atoms with Gasteiger partial charge in [0.25, 0.3) is 5.91 Å². The molecule has 1 atom stereocenters. The van der Waals surface area contributed by atoms with Gasteiger partial charge in [-0.15, -0.1) is 11.3 Å². The monoisotopic (exact) mass is 459 g/mol. The summed E-state index contributed by atoms with van der Waals surface area (Å²) >= 11 is 4.70. The second-order valence-electron chi connectivity index (χ2n) is 6.01. The minimum Gasteiger partial charge on any atom is -0.469 e. The number of esters is 1. The molecule has 0 saturated heterocycles. The summed E-state index contributed by atoms with van der Waals surface area (Å²) in [6, 6.07) is 12.5. The molecule has 0 bridgehead atoms. The second-order valence-corrected chi connectivity index (χ2v) is 7.92. The maximum absolute atomic E-state index is 12.9. The number of amides is 1. The van der Waals surface area contributed by atoms with Crippen LogP contribution < -0.4 is 5.32 Å². The number of carbonyl (C=O) groups excluding carboxylic acids is 2. The van der Waals surface area contributed by atoms with Crippen LogP contribution in [0, 0.1) is 6.92 Å². The van der Waals surface area contributed by atoms with Gasteiger partial charge in [0.2, 0.25) is 0 Å². The number of ether oxygens (including phenoxy) is 1. The van der Waals surface area contributed by atoms with Crippen molar-refractivity contribution >= 4 is 39.1 Å². The summed E-state index contributed by atoms with van der Waals surface area (Å²) in [6.07, 6.45) is 1.72. The molecule has 0 spiro atoms. The van der Waals surface area contributed by atoms with Gasteiger partial charge >= 0.3 is 5.97 Å². The zero-order chi connectivity index (χ0) is 20.1. The molecule has 0 saturated carbocycles. The molecule has 1 amide bonds. The molecule has 0 aliphatic heterocycles. The van der Waals surface area contributed by atoms with Crippen LogP contribution in [0.2, 0.25) is 0 Å². The molecule has 8 heteroatoms. The Kier molecular flexibility index (Phi) is 6.53. The minimum absolute atomic E-state index is 0.0314. The molecular weight excluding hydrogens is 442 g/mol. The summed E-state index contributed by atoms with van der Waals surface area (Å²) in [5.41, 5.74) is 2.14. The minimum atomic E-state index is -0.516. The lowest BCUT2D eigenvalue weighted by Gasteiger charge is -2.18. The van der Waals surface area contributed by atoms with Gasteiger partial charge in [0.1, 0.15) is 9.88 Å². The van der Waals surface area contributed by atoms with Crippen molar-refractivity contribution in [3.63, 3.8) is 0 Å². The lowest BCUT2D eigenvalue weighted by atomic mass is 10.0. The zero-order valence-electron chi connectivity index (χ0n) is 15.3. The first kappa shape index (κ1) is 20.2. The number of benzene rings is 1. The third kappa shape index (κ3) is 4.82. The Hall–Kier alpha value is -2.58. The molecule has 28 heavy (non-hydrogen) atoms. The molecule has 6 nitrogen and oxygen atoms in total. The Morgan fingerprint density at radius 3 is 2.75 bits per heavy atom. The van der Waals surface area contributed by atoms with E-state index in [1.807, 2.05) is 42.5 Å². The molecule has 2 aromatic heterocycles. The average Bonchev–Trinajstić information content (AvgIpc) is 3.10. The fourth-order valence-corrected chi connectivity index (χ4v) is 4.02. The number of aromatic nitrogens is 2. The number of hydrogen-bond acceptors (Lipinski definition) is 6. The van der Waals surface area contributed by atoms with Gasteiger partial charge in [0, 0.05) is 10.7 Å². The molecule has 0 aliphatic rings. The number of nitrogens with one attached hydrogen (secondary N) is 1. The van der Waals surface area contributed by atoms with Crippen LogP contribution in [-0.4, -0.2) is 29.0 Å². The summed E-state index contributed by atoms with van der Waals surface area (Å²) in [7, 11) is 1.33. The van der Waals surface area contributed by atoms with Gasteiger partial charge in [-0.3, -0.25) is 14.6 Å². The summed E-state index contributed by atoms with van der Waals surface area (Å²) in [5.74, 6) is -0.688. The summed E-state index contributed by atoms with van der Waals surface area (Å²) in [5, 5.41) is 3.61. The first-order chi connectivity index (χ1) is 13.5. The van der Waals surface area contributed by atoms with Crippen molar-refractivity contribution in [2.75, 3.05) is 7.11 Å². The van der Waals surface area contributed by atoms with Crippen molar-refractivity contribution < 1.29 is 14.3 Å². The molecule has 144 valence electrons. The topological polar surface area (TPSA) is 81.2 Å². The van der Waals surface area contributed by atoms with E-state index in [0.29, 0.717) is 21.3 Å².